The van der Waals surface area contributed by atoms with Gasteiger partial charge < -0.3 is 14.7 Å². The molecule has 0 amide bonds. The van der Waals surface area contributed by atoms with E-state index in [1.807, 2.05) is 0 Å². The molecule has 0 aliphatic carbocycles. The Morgan fingerprint density at radius 1 is 0.593 bits per heavy atom. The average Bonchev–Trinajstić information content (AvgIpc) is 2.61. The fourth-order valence-corrected chi connectivity index (χ4v) is 4.36. The van der Waals surface area contributed by atoms with Crippen LogP contribution in [0.25, 0.3) is 0 Å². The Morgan fingerprint density at radius 3 is 1.22 bits per heavy atom. The molecule has 6 heteroatoms. The maximum Gasteiger partial charge on any atom is 0.0529 e. The molecule has 3 unspecified atom stereocenters. The second-order valence-corrected chi connectivity index (χ2v) is 8.97. The van der Waals surface area contributed by atoms with Crippen LogP contribution in [0, 0.1) is 0 Å². The summed E-state index contributed by atoms with van der Waals surface area (Å²) in [4.78, 5) is 7.03. The van der Waals surface area contributed by atoms with E-state index in [0.29, 0.717) is 18.1 Å². The Balaban J connectivity index is 3.21. The molecule has 162 valence electrons. The largest absolute Gasteiger partial charge is 0.308 e. The molecule has 0 N–H and O–H groups in total. The van der Waals surface area contributed by atoms with Crippen LogP contribution < -0.4 is 0 Å². The second kappa shape index (κ2) is 12.3. The minimum absolute atomic E-state index is 0.521. The molecule has 0 spiro atoms. The van der Waals surface area contributed by atoms with E-state index in [2.05, 4.69) is 92.9 Å². The first-order chi connectivity index (χ1) is 12.7. The van der Waals surface area contributed by atoms with Crippen LogP contribution >= 0.6 is 0 Å². The van der Waals surface area contributed by atoms with Crippen molar-refractivity contribution in [1.29, 1.82) is 0 Å². The molecule has 27 heavy (non-hydrogen) atoms. The molecule has 1 aliphatic heterocycles. The van der Waals surface area contributed by atoms with E-state index in [0.717, 1.165) is 19.6 Å². The van der Waals surface area contributed by atoms with E-state index in [1.165, 1.54) is 38.8 Å². The lowest BCUT2D eigenvalue weighted by Crippen LogP contribution is -2.69. The van der Waals surface area contributed by atoms with Gasteiger partial charge in [-0.05, 0) is 68.0 Å². The SMILES string of the molecule is CCC(CN(C)C)N1CCCN(C(CC)CN(C)C)N1C(CC)CN(C)C. The Hall–Kier alpha value is -0.240. The number of rotatable bonds is 12. The molecule has 6 nitrogen and oxygen atoms in total. The van der Waals surface area contributed by atoms with E-state index in [-0.39, 0.29) is 0 Å². The van der Waals surface area contributed by atoms with E-state index in [1.54, 1.807) is 0 Å². The molecular weight excluding hydrogens is 336 g/mol. The number of hydrazine groups is 2. The number of likely N-dealkylation sites (N-methyl/N-ethyl adjacent to an activating group) is 3. The van der Waals surface area contributed by atoms with Crippen molar-refractivity contribution in [3.8, 4) is 0 Å². The summed E-state index contributed by atoms with van der Waals surface area (Å²) in [6.45, 7) is 12.7. The lowest BCUT2D eigenvalue weighted by atomic mass is 10.1. The molecule has 0 bridgehead atoms. The maximum absolute atomic E-state index is 2.71. The van der Waals surface area contributed by atoms with Gasteiger partial charge in [0.2, 0.25) is 0 Å². The third kappa shape index (κ3) is 7.59. The molecule has 0 aromatic rings. The molecule has 1 rings (SSSR count). The lowest BCUT2D eigenvalue weighted by molar-refractivity contribution is -0.270. The summed E-state index contributed by atoms with van der Waals surface area (Å²) in [6.07, 6.45) is 4.79. The van der Waals surface area contributed by atoms with Crippen molar-refractivity contribution in [3.05, 3.63) is 0 Å². The first kappa shape index (κ1) is 24.8. The average molecular weight is 385 g/mol. The highest BCUT2D eigenvalue weighted by molar-refractivity contribution is 4.83. The molecular formula is C21H48N6. The van der Waals surface area contributed by atoms with Gasteiger partial charge in [0.25, 0.3) is 0 Å². The molecule has 1 heterocycles. The van der Waals surface area contributed by atoms with Crippen molar-refractivity contribution in [3.63, 3.8) is 0 Å². The summed E-state index contributed by atoms with van der Waals surface area (Å²) in [7, 11) is 13.2. The molecule has 0 saturated carbocycles. The summed E-state index contributed by atoms with van der Waals surface area (Å²) in [5, 5.41) is 8.11. The predicted octanol–water partition coefficient (Wildman–Crippen LogP) is 2.15. The normalized spacial score (nSPS) is 21.3. The van der Waals surface area contributed by atoms with Crippen molar-refractivity contribution in [2.75, 3.05) is 75.0 Å². The molecule has 0 aromatic carbocycles. The maximum atomic E-state index is 2.71. The second-order valence-electron chi connectivity index (χ2n) is 8.97. The highest BCUT2D eigenvalue weighted by atomic mass is 15.9. The topological polar surface area (TPSA) is 19.4 Å². The highest BCUT2D eigenvalue weighted by Crippen LogP contribution is 2.26. The number of hydrogen-bond donors (Lipinski definition) is 0. The standard InChI is InChI=1S/C21H48N6/c1-10-19(16-22(4)5)25-14-13-15-26(20(11-2)17-23(6)7)27(25)21(12-3)18-24(8)9/h19-21H,10-18H2,1-9H3. The molecule has 1 aliphatic rings. The van der Waals surface area contributed by atoms with Gasteiger partial charge in [-0.3, -0.25) is 0 Å². The van der Waals surface area contributed by atoms with Gasteiger partial charge in [0, 0.05) is 44.8 Å². The van der Waals surface area contributed by atoms with Gasteiger partial charge in [-0.15, -0.1) is 0 Å². The Bertz CT molecular complexity index is 361. The zero-order chi connectivity index (χ0) is 20.6. The smallest absolute Gasteiger partial charge is 0.0529 e. The van der Waals surface area contributed by atoms with Crippen molar-refractivity contribution < 1.29 is 0 Å². The van der Waals surface area contributed by atoms with Crippen LogP contribution in [0.1, 0.15) is 46.5 Å². The minimum atomic E-state index is 0.521. The van der Waals surface area contributed by atoms with Crippen LogP contribution in [0.3, 0.4) is 0 Å². The quantitative estimate of drug-likeness (QED) is 0.510. The van der Waals surface area contributed by atoms with Crippen LogP contribution in [0.4, 0.5) is 0 Å². The van der Waals surface area contributed by atoms with Crippen molar-refractivity contribution >= 4 is 0 Å². The summed E-state index contributed by atoms with van der Waals surface area (Å²) in [5.74, 6) is 0. The lowest BCUT2D eigenvalue weighted by Gasteiger charge is -2.55. The van der Waals surface area contributed by atoms with Gasteiger partial charge in [0.05, 0.1) is 6.04 Å². The Morgan fingerprint density at radius 2 is 0.926 bits per heavy atom. The van der Waals surface area contributed by atoms with Crippen molar-refractivity contribution in [1.82, 2.24) is 29.8 Å². The zero-order valence-corrected chi connectivity index (χ0v) is 19.8. The molecule has 1 saturated heterocycles. The Kier molecular flexibility index (Phi) is 11.3. The highest BCUT2D eigenvalue weighted by Gasteiger charge is 2.38. The van der Waals surface area contributed by atoms with Gasteiger partial charge >= 0.3 is 0 Å². The Labute approximate surface area is 170 Å². The van der Waals surface area contributed by atoms with Crippen LogP contribution in [-0.2, 0) is 0 Å². The molecule has 0 radical (unpaired) electrons. The van der Waals surface area contributed by atoms with E-state index < -0.39 is 0 Å². The first-order valence-electron chi connectivity index (χ1n) is 11.0. The van der Waals surface area contributed by atoms with Crippen LogP contribution in [-0.4, -0.2) is 123 Å². The molecule has 1 fully saturated rings. The zero-order valence-electron chi connectivity index (χ0n) is 19.8. The summed E-state index contributed by atoms with van der Waals surface area (Å²) in [6, 6.07) is 1.65. The number of nitrogens with zero attached hydrogens (tertiary/aromatic N) is 6. The van der Waals surface area contributed by atoms with Crippen LogP contribution in [0.2, 0.25) is 0 Å². The van der Waals surface area contributed by atoms with Crippen molar-refractivity contribution in [2.24, 2.45) is 0 Å². The third-order valence-corrected chi connectivity index (χ3v) is 5.61. The molecule has 0 aromatic heterocycles. The monoisotopic (exact) mass is 384 g/mol. The first-order valence-corrected chi connectivity index (χ1v) is 11.0. The molecule has 3 atom stereocenters. The fourth-order valence-electron chi connectivity index (χ4n) is 4.36. The van der Waals surface area contributed by atoms with Crippen molar-refractivity contribution in [2.45, 2.75) is 64.6 Å². The fraction of sp³-hybridized carbons (Fsp3) is 1.00. The van der Waals surface area contributed by atoms with Crippen LogP contribution in [0.15, 0.2) is 0 Å². The van der Waals surface area contributed by atoms with E-state index in [4.69, 9.17) is 0 Å². The summed E-state index contributed by atoms with van der Waals surface area (Å²) in [5.41, 5.74) is 0. The predicted molar refractivity (Wildman–Crippen MR) is 118 cm³/mol. The van der Waals surface area contributed by atoms with E-state index in [9.17, 15) is 0 Å². The van der Waals surface area contributed by atoms with Gasteiger partial charge in [-0.25, -0.2) is 10.0 Å². The minimum Gasteiger partial charge on any atom is -0.308 e. The van der Waals surface area contributed by atoms with Gasteiger partial charge in [-0.1, -0.05) is 20.8 Å². The summed E-state index contributed by atoms with van der Waals surface area (Å²) < 4.78 is 0. The summed E-state index contributed by atoms with van der Waals surface area (Å²) >= 11 is 0. The number of hydrogen-bond acceptors (Lipinski definition) is 6. The van der Waals surface area contributed by atoms with Gasteiger partial charge in [0.15, 0.2) is 0 Å². The van der Waals surface area contributed by atoms with E-state index >= 15 is 0 Å². The van der Waals surface area contributed by atoms with Crippen LogP contribution in [0.5, 0.6) is 0 Å². The van der Waals surface area contributed by atoms with Gasteiger partial charge in [-0.2, -0.15) is 5.12 Å². The third-order valence-electron chi connectivity index (χ3n) is 5.61. The van der Waals surface area contributed by atoms with Gasteiger partial charge in [0.1, 0.15) is 0 Å².